The molecule has 5 aromatic rings. The Morgan fingerprint density at radius 1 is 0.745 bits per heavy atom. The van der Waals surface area contributed by atoms with Crippen LogP contribution in [0.2, 0.25) is 0 Å². The Morgan fingerprint density at radius 2 is 1.37 bits per heavy atom. The topological polar surface area (TPSA) is 116 Å². The van der Waals surface area contributed by atoms with E-state index in [1.807, 2.05) is 58.7 Å². The zero-order valence-corrected chi connectivity index (χ0v) is 31.2. The second-order valence-corrected chi connectivity index (χ2v) is 16.6. The van der Waals surface area contributed by atoms with E-state index in [0.29, 0.717) is 18.4 Å². The van der Waals surface area contributed by atoms with Gasteiger partial charge in [-0.2, -0.15) is 0 Å². The van der Waals surface area contributed by atoms with Gasteiger partial charge in [0.1, 0.15) is 22.9 Å². The molecule has 2 saturated heterocycles. The first kappa shape index (κ1) is 34.6. The third kappa shape index (κ3) is 7.05. The highest BCUT2D eigenvalue weighted by Crippen LogP contribution is 2.41. The van der Waals surface area contributed by atoms with Gasteiger partial charge in [0.2, 0.25) is 0 Å². The molecule has 7 rings (SSSR count). The number of imidazole rings is 2. The fraction of sp³-hybridized carbons (Fsp3) is 0.463. The molecule has 268 valence electrons. The molecule has 10 nitrogen and oxygen atoms in total. The van der Waals surface area contributed by atoms with Gasteiger partial charge in [0.15, 0.2) is 0 Å². The first-order chi connectivity index (χ1) is 24.0. The number of ether oxygens (including phenoxy) is 2. The van der Waals surface area contributed by atoms with Crippen LogP contribution < -0.4 is 0 Å². The summed E-state index contributed by atoms with van der Waals surface area (Å²) in [5.74, 6) is 2.25. The molecule has 0 bridgehead atoms. The standard InChI is InChI=1S/C41H50N6O4/c1-23-16-34(46(22-23)38(48)50-40(4,5)6)36-42-21-33(45-36)30-13-12-26-18-27(10-11-28(26)19-30)29-14-15-31-32(20-29)44-37(43-31)35-17-24(2)25(3)47(35)39(49)51-41(7,8)9/h10-15,18-21,23-25,34-35H,16-17,22H2,1-9H3,(H,42,45)(H,43,44)/t23-,24-,25-,34+,35+/m1/s1. The minimum Gasteiger partial charge on any atom is -0.444 e. The van der Waals surface area contributed by atoms with Crippen molar-refractivity contribution in [3.63, 3.8) is 0 Å². The molecule has 5 atom stereocenters. The molecule has 2 aromatic heterocycles. The van der Waals surface area contributed by atoms with Gasteiger partial charge in [-0.05, 0) is 119 Å². The number of H-pyrrole nitrogens is 2. The maximum Gasteiger partial charge on any atom is 0.411 e. The summed E-state index contributed by atoms with van der Waals surface area (Å²) in [5, 5.41) is 2.24. The van der Waals surface area contributed by atoms with E-state index in [0.717, 1.165) is 68.7 Å². The highest BCUT2D eigenvalue weighted by Gasteiger charge is 2.43. The van der Waals surface area contributed by atoms with Gasteiger partial charge in [0.25, 0.3) is 0 Å². The quantitative estimate of drug-likeness (QED) is 0.194. The Labute approximate surface area is 299 Å². The lowest BCUT2D eigenvalue weighted by Crippen LogP contribution is -2.41. The second kappa shape index (κ2) is 12.7. The number of nitrogens with zero attached hydrogens (tertiary/aromatic N) is 4. The van der Waals surface area contributed by atoms with Crippen LogP contribution in [0, 0.1) is 11.8 Å². The molecule has 2 N–H and O–H groups in total. The van der Waals surface area contributed by atoms with Crippen molar-refractivity contribution in [3.05, 3.63) is 72.4 Å². The molecule has 2 aliphatic heterocycles. The summed E-state index contributed by atoms with van der Waals surface area (Å²) in [6.45, 7) is 18.4. The van der Waals surface area contributed by atoms with Crippen molar-refractivity contribution in [3.8, 4) is 22.4 Å². The Balaban J connectivity index is 1.11. The van der Waals surface area contributed by atoms with E-state index < -0.39 is 11.2 Å². The number of fused-ring (bicyclic) bond motifs is 2. The maximum atomic E-state index is 13.2. The number of amides is 2. The van der Waals surface area contributed by atoms with E-state index in [4.69, 9.17) is 19.4 Å². The van der Waals surface area contributed by atoms with Crippen LogP contribution in [0.3, 0.4) is 0 Å². The number of rotatable bonds is 4. The summed E-state index contributed by atoms with van der Waals surface area (Å²) in [6.07, 6.45) is 2.98. The lowest BCUT2D eigenvalue weighted by molar-refractivity contribution is 0.0139. The van der Waals surface area contributed by atoms with Crippen LogP contribution in [0.5, 0.6) is 0 Å². The molecule has 0 unspecified atom stereocenters. The molecule has 4 heterocycles. The van der Waals surface area contributed by atoms with Crippen LogP contribution in [-0.4, -0.2) is 65.7 Å². The molecule has 2 fully saturated rings. The summed E-state index contributed by atoms with van der Waals surface area (Å²) < 4.78 is 11.5. The number of hydrogen-bond donors (Lipinski definition) is 2. The largest absolute Gasteiger partial charge is 0.444 e. The van der Waals surface area contributed by atoms with E-state index in [9.17, 15) is 9.59 Å². The molecule has 0 spiro atoms. The second-order valence-electron chi connectivity index (χ2n) is 16.6. The van der Waals surface area contributed by atoms with Gasteiger partial charge in [0, 0.05) is 24.3 Å². The highest BCUT2D eigenvalue weighted by atomic mass is 16.6. The van der Waals surface area contributed by atoms with Crippen LogP contribution in [0.25, 0.3) is 44.2 Å². The Morgan fingerprint density at radius 3 is 2.08 bits per heavy atom. The number of carbonyl (C=O) groups is 2. The Bertz CT molecular complexity index is 2100. The zero-order chi connectivity index (χ0) is 36.4. The molecule has 51 heavy (non-hydrogen) atoms. The van der Waals surface area contributed by atoms with E-state index in [1.165, 1.54) is 0 Å². The predicted molar refractivity (Wildman–Crippen MR) is 200 cm³/mol. The predicted octanol–water partition coefficient (Wildman–Crippen LogP) is 9.80. The van der Waals surface area contributed by atoms with Gasteiger partial charge in [-0.25, -0.2) is 19.6 Å². The van der Waals surface area contributed by atoms with Gasteiger partial charge in [-0.1, -0.05) is 44.2 Å². The lowest BCUT2D eigenvalue weighted by atomic mass is 9.99. The average molecular weight is 691 g/mol. The van der Waals surface area contributed by atoms with Gasteiger partial charge < -0.3 is 19.4 Å². The number of likely N-dealkylation sites (tertiary alicyclic amines) is 2. The van der Waals surface area contributed by atoms with Crippen molar-refractivity contribution in [2.45, 2.75) is 104 Å². The van der Waals surface area contributed by atoms with Gasteiger partial charge in [-0.3, -0.25) is 9.80 Å². The molecule has 2 amide bonds. The Kier molecular flexibility index (Phi) is 8.63. The van der Waals surface area contributed by atoms with E-state index in [1.54, 1.807) is 4.90 Å². The van der Waals surface area contributed by atoms with Gasteiger partial charge in [0.05, 0.1) is 28.8 Å². The maximum absolute atomic E-state index is 13.2. The van der Waals surface area contributed by atoms with Crippen LogP contribution in [0.4, 0.5) is 9.59 Å². The number of nitrogens with one attached hydrogen (secondary N) is 2. The third-order valence-corrected chi connectivity index (χ3v) is 10.1. The monoisotopic (exact) mass is 690 g/mol. The number of aromatic nitrogens is 4. The van der Waals surface area contributed by atoms with Crippen molar-refractivity contribution >= 4 is 34.0 Å². The lowest BCUT2D eigenvalue weighted by Gasteiger charge is -2.31. The van der Waals surface area contributed by atoms with Crippen LogP contribution in [0.15, 0.2) is 60.8 Å². The van der Waals surface area contributed by atoms with Gasteiger partial charge >= 0.3 is 12.2 Å². The van der Waals surface area contributed by atoms with E-state index in [-0.39, 0.29) is 30.3 Å². The third-order valence-electron chi connectivity index (χ3n) is 10.1. The summed E-state index contributed by atoms with van der Waals surface area (Å²) in [5.41, 5.74) is 4.72. The van der Waals surface area contributed by atoms with Crippen molar-refractivity contribution < 1.29 is 19.1 Å². The normalized spacial score (nSPS) is 22.6. The Hall–Kier alpha value is -4.86. The van der Waals surface area contributed by atoms with E-state index >= 15 is 0 Å². The summed E-state index contributed by atoms with van der Waals surface area (Å²) >= 11 is 0. The van der Waals surface area contributed by atoms with Crippen molar-refractivity contribution in [2.24, 2.45) is 11.8 Å². The van der Waals surface area contributed by atoms with Gasteiger partial charge in [-0.15, -0.1) is 0 Å². The molecule has 3 aromatic carbocycles. The molecular weight excluding hydrogens is 640 g/mol. The first-order valence-corrected chi connectivity index (χ1v) is 18.1. The summed E-state index contributed by atoms with van der Waals surface area (Å²) in [6, 6.07) is 18.9. The SMILES string of the molecule is C[C@@H]1C[C@@H](c2nc(-c3ccc4cc(-c5ccc6nc([C@@H]7C[C@@H](C)[C@@H](C)N7C(=O)OC(C)(C)C)[nH]c6c5)ccc4c3)c[nH]2)N(C(=O)OC(C)(C)C)C1. The fourth-order valence-electron chi connectivity index (χ4n) is 7.51. The highest BCUT2D eigenvalue weighted by molar-refractivity contribution is 5.92. The number of hydrogen-bond acceptors (Lipinski definition) is 6. The van der Waals surface area contributed by atoms with E-state index in [2.05, 4.69) is 79.3 Å². The molecule has 0 saturated carbocycles. The molecule has 2 aliphatic rings. The smallest absolute Gasteiger partial charge is 0.411 e. The molecule has 0 aliphatic carbocycles. The number of carbonyl (C=O) groups excluding carboxylic acids is 2. The average Bonchev–Trinajstić information content (AvgIpc) is 3.84. The van der Waals surface area contributed by atoms with Crippen LogP contribution >= 0.6 is 0 Å². The van der Waals surface area contributed by atoms with Crippen molar-refractivity contribution in [1.82, 2.24) is 29.7 Å². The first-order valence-electron chi connectivity index (χ1n) is 18.1. The molecule has 0 radical (unpaired) electrons. The fourth-order valence-corrected chi connectivity index (χ4v) is 7.51. The van der Waals surface area contributed by atoms with Crippen molar-refractivity contribution in [1.29, 1.82) is 0 Å². The molecular formula is C41H50N6O4. The summed E-state index contributed by atoms with van der Waals surface area (Å²) in [4.78, 5) is 46.7. The minimum atomic E-state index is -0.569. The zero-order valence-electron chi connectivity index (χ0n) is 31.2. The van der Waals surface area contributed by atoms with Crippen LogP contribution in [-0.2, 0) is 9.47 Å². The number of aromatic amines is 2. The number of benzene rings is 3. The van der Waals surface area contributed by atoms with Crippen LogP contribution in [0.1, 0.15) is 98.9 Å². The van der Waals surface area contributed by atoms with Crippen molar-refractivity contribution in [2.75, 3.05) is 6.54 Å². The summed E-state index contributed by atoms with van der Waals surface area (Å²) in [7, 11) is 0. The minimum absolute atomic E-state index is 0.0486. The molecule has 10 heteroatoms.